The Morgan fingerprint density at radius 1 is 1.24 bits per heavy atom. The fourth-order valence-electron chi connectivity index (χ4n) is 1.79. The van der Waals surface area contributed by atoms with Crippen LogP contribution in [0, 0.1) is 5.82 Å². The van der Waals surface area contributed by atoms with Crippen molar-refractivity contribution in [3.8, 4) is 0 Å². The second-order valence-corrected chi connectivity index (χ2v) is 7.28. The molecule has 0 spiro atoms. The van der Waals surface area contributed by atoms with E-state index in [4.69, 9.17) is 0 Å². The minimum absolute atomic E-state index is 0.174. The molecular weight excluding hydrogens is 353 g/mol. The highest BCUT2D eigenvalue weighted by Crippen LogP contribution is 2.27. The first kappa shape index (κ1) is 16.0. The molecule has 0 bridgehead atoms. The molecule has 2 nitrogen and oxygen atoms in total. The van der Waals surface area contributed by atoms with Crippen LogP contribution in [0.4, 0.5) is 10.1 Å². The molecule has 21 heavy (non-hydrogen) atoms. The fourth-order valence-corrected chi connectivity index (χ4v) is 3.08. The highest BCUT2D eigenvalue weighted by Gasteiger charge is 2.14. The Morgan fingerprint density at radius 3 is 2.62 bits per heavy atom. The highest BCUT2D eigenvalue weighted by molar-refractivity contribution is 9.10. The lowest BCUT2D eigenvalue weighted by atomic mass is 10.2. The van der Waals surface area contributed by atoms with Gasteiger partial charge in [-0.2, -0.15) is 0 Å². The SMILES string of the molecule is CC(C)Sc1ccccc1C(=O)Nc1ccc(Br)cc1F. The zero-order valence-corrected chi connectivity index (χ0v) is 14.1. The van der Waals surface area contributed by atoms with E-state index in [-0.39, 0.29) is 11.6 Å². The van der Waals surface area contributed by atoms with Crippen molar-refractivity contribution < 1.29 is 9.18 Å². The van der Waals surface area contributed by atoms with E-state index in [1.54, 1.807) is 30.0 Å². The number of carbonyl (C=O) groups excluding carboxylic acids is 1. The van der Waals surface area contributed by atoms with Gasteiger partial charge in [0.15, 0.2) is 0 Å². The topological polar surface area (TPSA) is 29.1 Å². The number of rotatable bonds is 4. The second kappa shape index (κ2) is 7.09. The molecule has 110 valence electrons. The van der Waals surface area contributed by atoms with E-state index in [0.29, 0.717) is 15.3 Å². The van der Waals surface area contributed by atoms with Crippen molar-refractivity contribution in [2.75, 3.05) is 5.32 Å². The molecule has 0 aliphatic rings. The van der Waals surface area contributed by atoms with Crippen LogP contribution in [0.15, 0.2) is 51.8 Å². The molecule has 0 saturated heterocycles. The molecule has 0 heterocycles. The van der Waals surface area contributed by atoms with Crippen LogP contribution in [0.2, 0.25) is 0 Å². The molecular formula is C16H15BrFNOS. The number of amides is 1. The van der Waals surface area contributed by atoms with E-state index in [2.05, 4.69) is 35.1 Å². The van der Waals surface area contributed by atoms with E-state index in [9.17, 15) is 9.18 Å². The zero-order chi connectivity index (χ0) is 15.4. The maximum absolute atomic E-state index is 13.8. The van der Waals surface area contributed by atoms with E-state index >= 15 is 0 Å². The molecule has 0 saturated carbocycles. The van der Waals surface area contributed by atoms with Crippen molar-refractivity contribution >= 4 is 39.3 Å². The summed E-state index contributed by atoms with van der Waals surface area (Å²) in [5, 5.41) is 2.98. The third kappa shape index (κ3) is 4.32. The average molecular weight is 368 g/mol. The number of anilines is 1. The first-order valence-corrected chi connectivity index (χ1v) is 8.16. The van der Waals surface area contributed by atoms with Crippen molar-refractivity contribution in [3.63, 3.8) is 0 Å². The van der Waals surface area contributed by atoms with Crippen LogP contribution < -0.4 is 5.32 Å². The van der Waals surface area contributed by atoms with Crippen LogP contribution in [0.25, 0.3) is 0 Å². The summed E-state index contributed by atoms with van der Waals surface area (Å²) in [5.74, 6) is -0.772. The van der Waals surface area contributed by atoms with Gasteiger partial charge in [-0.1, -0.05) is 41.9 Å². The largest absolute Gasteiger partial charge is 0.319 e. The van der Waals surface area contributed by atoms with Gasteiger partial charge in [0, 0.05) is 14.6 Å². The molecule has 5 heteroatoms. The Labute approximate surface area is 136 Å². The highest BCUT2D eigenvalue weighted by atomic mass is 79.9. The van der Waals surface area contributed by atoms with Gasteiger partial charge in [0.25, 0.3) is 5.91 Å². The van der Waals surface area contributed by atoms with Gasteiger partial charge in [-0.25, -0.2) is 4.39 Å². The zero-order valence-electron chi connectivity index (χ0n) is 11.7. The predicted octanol–water partition coefficient (Wildman–Crippen LogP) is 5.34. The predicted molar refractivity (Wildman–Crippen MR) is 89.5 cm³/mol. The van der Waals surface area contributed by atoms with Crippen LogP contribution in [0.5, 0.6) is 0 Å². The summed E-state index contributed by atoms with van der Waals surface area (Å²) in [6, 6.07) is 11.9. The molecule has 0 aliphatic carbocycles. The minimum atomic E-state index is -0.466. The number of hydrogen-bond donors (Lipinski definition) is 1. The molecule has 0 aromatic heterocycles. The number of thioether (sulfide) groups is 1. The van der Waals surface area contributed by atoms with Gasteiger partial charge in [-0.3, -0.25) is 4.79 Å². The molecule has 0 unspecified atom stereocenters. The van der Waals surface area contributed by atoms with Gasteiger partial charge in [0.05, 0.1) is 11.3 Å². The first-order chi connectivity index (χ1) is 9.97. The standard InChI is InChI=1S/C16H15BrFNOS/c1-10(2)21-15-6-4-3-5-12(15)16(20)19-14-8-7-11(17)9-13(14)18/h3-10H,1-2H3,(H,19,20). The smallest absolute Gasteiger partial charge is 0.256 e. The lowest BCUT2D eigenvalue weighted by molar-refractivity contribution is 0.102. The van der Waals surface area contributed by atoms with Gasteiger partial charge in [-0.15, -0.1) is 11.8 Å². The summed E-state index contributed by atoms with van der Waals surface area (Å²) < 4.78 is 14.4. The monoisotopic (exact) mass is 367 g/mol. The summed E-state index contributed by atoms with van der Waals surface area (Å²) in [5.41, 5.74) is 0.728. The van der Waals surface area contributed by atoms with Gasteiger partial charge < -0.3 is 5.32 Å². The van der Waals surface area contributed by atoms with E-state index in [0.717, 1.165) is 4.90 Å². The molecule has 2 aromatic rings. The molecule has 0 aliphatic heterocycles. The second-order valence-electron chi connectivity index (χ2n) is 4.74. The van der Waals surface area contributed by atoms with Crippen molar-refractivity contribution in [2.24, 2.45) is 0 Å². The van der Waals surface area contributed by atoms with Gasteiger partial charge in [0.2, 0.25) is 0 Å². The number of benzene rings is 2. The van der Waals surface area contributed by atoms with Crippen LogP contribution in [-0.4, -0.2) is 11.2 Å². The third-order valence-electron chi connectivity index (χ3n) is 2.67. The van der Waals surface area contributed by atoms with Crippen LogP contribution in [0.3, 0.4) is 0 Å². The molecule has 2 aromatic carbocycles. The maximum Gasteiger partial charge on any atom is 0.256 e. The minimum Gasteiger partial charge on any atom is -0.319 e. The Kier molecular flexibility index (Phi) is 5.42. The van der Waals surface area contributed by atoms with Crippen molar-refractivity contribution in [1.29, 1.82) is 0 Å². The summed E-state index contributed by atoms with van der Waals surface area (Å²) in [7, 11) is 0. The Hall–Kier alpha value is -1.33. The third-order valence-corrected chi connectivity index (χ3v) is 4.25. The van der Waals surface area contributed by atoms with Crippen molar-refractivity contribution in [1.82, 2.24) is 0 Å². The molecule has 0 radical (unpaired) electrons. The Balaban J connectivity index is 2.24. The number of nitrogens with one attached hydrogen (secondary N) is 1. The van der Waals surface area contributed by atoms with Crippen LogP contribution >= 0.6 is 27.7 Å². The van der Waals surface area contributed by atoms with Gasteiger partial charge in [-0.05, 0) is 30.3 Å². The Morgan fingerprint density at radius 2 is 1.95 bits per heavy atom. The molecule has 0 atom stereocenters. The molecule has 1 N–H and O–H groups in total. The van der Waals surface area contributed by atoms with E-state index < -0.39 is 5.82 Å². The normalized spacial score (nSPS) is 10.7. The summed E-state index contributed by atoms with van der Waals surface area (Å²) in [6.07, 6.45) is 0. The average Bonchev–Trinajstić information content (AvgIpc) is 2.42. The molecule has 2 rings (SSSR count). The summed E-state index contributed by atoms with van der Waals surface area (Å²) in [4.78, 5) is 13.2. The summed E-state index contributed by atoms with van der Waals surface area (Å²) in [6.45, 7) is 4.13. The maximum atomic E-state index is 13.8. The van der Waals surface area contributed by atoms with Crippen molar-refractivity contribution in [3.05, 3.63) is 58.3 Å². The van der Waals surface area contributed by atoms with Gasteiger partial charge in [0.1, 0.15) is 5.82 Å². The number of halogens is 2. The van der Waals surface area contributed by atoms with Gasteiger partial charge >= 0.3 is 0 Å². The van der Waals surface area contributed by atoms with Crippen molar-refractivity contribution in [2.45, 2.75) is 24.0 Å². The molecule has 1 amide bonds. The summed E-state index contributed by atoms with van der Waals surface area (Å²) >= 11 is 4.80. The first-order valence-electron chi connectivity index (χ1n) is 6.49. The molecule has 0 fully saturated rings. The van der Waals surface area contributed by atoms with E-state index in [1.165, 1.54) is 12.1 Å². The fraction of sp³-hybridized carbons (Fsp3) is 0.188. The Bertz CT molecular complexity index is 660. The van der Waals surface area contributed by atoms with Crippen LogP contribution in [0.1, 0.15) is 24.2 Å². The van der Waals surface area contributed by atoms with E-state index in [1.807, 2.05) is 12.1 Å². The number of carbonyl (C=O) groups is 1. The lowest BCUT2D eigenvalue weighted by Crippen LogP contribution is -2.14. The lowest BCUT2D eigenvalue weighted by Gasteiger charge is -2.12. The van der Waals surface area contributed by atoms with Crippen LogP contribution in [-0.2, 0) is 0 Å². The quantitative estimate of drug-likeness (QED) is 0.738. The number of hydrogen-bond acceptors (Lipinski definition) is 2.